The standard InChI is InChI=1S/C24H27P.ClH/c25-17-16-24(18-21-10-4-1-5-11-21,19-22-12-6-2-7-13-22)20-23-14-8-3-9-15-23;/h1-15H,16-20,25H2;1H. The van der Waals surface area contributed by atoms with Crippen molar-refractivity contribution in [3.05, 3.63) is 108 Å². The van der Waals surface area contributed by atoms with Gasteiger partial charge in [-0.3, -0.25) is 0 Å². The van der Waals surface area contributed by atoms with Crippen LogP contribution in [0.3, 0.4) is 0 Å². The summed E-state index contributed by atoms with van der Waals surface area (Å²) in [6, 6.07) is 32.9. The molecule has 0 fully saturated rings. The van der Waals surface area contributed by atoms with Crippen molar-refractivity contribution >= 4 is 21.6 Å². The van der Waals surface area contributed by atoms with E-state index in [2.05, 4.69) is 100 Å². The first-order valence-corrected chi connectivity index (χ1v) is 9.93. The highest BCUT2D eigenvalue weighted by atomic mass is 35.5. The maximum atomic E-state index is 2.94. The molecule has 1 atom stereocenters. The molecule has 0 N–H and O–H groups in total. The van der Waals surface area contributed by atoms with Crippen molar-refractivity contribution in [3.63, 3.8) is 0 Å². The quantitative estimate of drug-likeness (QED) is 0.396. The molecule has 0 aliphatic rings. The van der Waals surface area contributed by atoms with Gasteiger partial charge in [0, 0.05) is 0 Å². The summed E-state index contributed by atoms with van der Waals surface area (Å²) in [4.78, 5) is 0. The molecule has 2 heteroatoms. The Balaban J connectivity index is 0.00000243. The highest BCUT2D eigenvalue weighted by Gasteiger charge is 2.30. The Kier molecular flexibility index (Phi) is 8.36. The number of halogens is 1. The molecule has 0 bridgehead atoms. The van der Waals surface area contributed by atoms with Crippen molar-refractivity contribution in [2.24, 2.45) is 5.41 Å². The van der Waals surface area contributed by atoms with E-state index in [1.54, 1.807) is 0 Å². The highest BCUT2D eigenvalue weighted by Crippen LogP contribution is 2.36. The molecule has 0 saturated heterocycles. The summed E-state index contributed by atoms with van der Waals surface area (Å²) in [6.45, 7) is 0. The summed E-state index contributed by atoms with van der Waals surface area (Å²) in [7, 11) is 2.94. The molecule has 26 heavy (non-hydrogen) atoms. The maximum Gasteiger partial charge on any atom is -0.0173 e. The van der Waals surface area contributed by atoms with Crippen LogP contribution >= 0.6 is 21.6 Å². The molecule has 3 aromatic carbocycles. The molecule has 0 aromatic heterocycles. The molecule has 0 spiro atoms. The molecule has 1 unspecified atom stereocenters. The Morgan fingerprint density at radius 1 is 0.538 bits per heavy atom. The summed E-state index contributed by atoms with van der Waals surface area (Å²) >= 11 is 0. The molecule has 0 saturated carbocycles. The molecule has 0 radical (unpaired) electrons. The smallest absolute Gasteiger partial charge is 0.0173 e. The third kappa shape index (κ3) is 5.97. The SMILES string of the molecule is Cl.PCCC(Cc1ccccc1)(Cc1ccccc1)Cc1ccccc1. The van der Waals surface area contributed by atoms with Crippen LogP contribution in [0.2, 0.25) is 0 Å². The van der Waals surface area contributed by atoms with Gasteiger partial charge in [-0.25, -0.2) is 0 Å². The first-order chi connectivity index (χ1) is 12.3. The minimum Gasteiger partial charge on any atom is -0.147 e. The van der Waals surface area contributed by atoms with E-state index in [1.165, 1.54) is 23.1 Å². The molecule has 136 valence electrons. The summed E-state index contributed by atoms with van der Waals surface area (Å²) in [5.74, 6) is 0. The zero-order valence-electron chi connectivity index (χ0n) is 15.2. The second kappa shape index (κ2) is 10.5. The van der Waals surface area contributed by atoms with Crippen molar-refractivity contribution in [2.75, 3.05) is 6.16 Å². The van der Waals surface area contributed by atoms with Crippen LogP contribution in [-0.4, -0.2) is 6.16 Å². The van der Waals surface area contributed by atoms with Gasteiger partial charge in [0.05, 0.1) is 0 Å². The molecule has 3 aromatic rings. The molecule has 0 heterocycles. The van der Waals surface area contributed by atoms with Crippen LogP contribution in [0.25, 0.3) is 0 Å². The normalized spacial score (nSPS) is 11.0. The van der Waals surface area contributed by atoms with Gasteiger partial charge >= 0.3 is 0 Å². The topological polar surface area (TPSA) is 0 Å². The lowest BCUT2D eigenvalue weighted by molar-refractivity contribution is 0.268. The molecule has 0 nitrogen and oxygen atoms in total. The van der Waals surface area contributed by atoms with E-state index in [4.69, 9.17) is 0 Å². The van der Waals surface area contributed by atoms with Crippen LogP contribution in [0, 0.1) is 5.41 Å². The van der Waals surface area contributed by atoms with Crippen molar-refractivity contribution in [1.82, 2.24) is 0 Å². The van der Waals surface area contributed by atoms with Gasteiger partial charge in [0.25, 0.3) is 0 Å². The first-order valence-electron chi connectivity index (χ1n) is 9.12. The van der Waals surface area contributed by atoms with E-state index in [9.17, 15) is 0 Å². The summed E-state index contributed by atoms with van der Waals surface area (Å²) in [6.07, 6.45) is 5.69. The molecule has 0 amide bonds. The molecular formula is C24H28ClP. The largest absolute Gasteiger partial charge is 0.147 e. The third-order valence-corrected chi connectivity index (χ3v) is 5.23. The number of hydrogen-bond acceptors (Lipinski definition) is 0. The van der Waals surface area contributed by atoms with E-state index in [0.717, 1.165) is 25.4 Å². The second-order valence-corrected chi connectivity index (χ2v) is 7.60. The highest BCUT2D eigenvalue weighted by molar-refractivity contribution is 7.16. The van der Waals surface area contributed by atoms with E-state index in [-0.39, 0.29) is 17.8 Å². The molecular weight excluding hydrogens is 355 g/mol. The predicted molar refractivity (Wildman–Crippen MR) is 119 cm³/mol. The van der Waals surface area contributed by atoms with E-state index < -0.39 is 0 Å². The number of rotatable bonds is 8. The molecule has 3 rings (SSSR count). The van der Waals surface area contributed by atoms with Gasteiger partial charge in [-0.2, -0.15) is 0 Å². The fraction of sp³-hybridized carbons (Fsp3) is 0.250. The van der Waals surface area contributed by atoms with Crippen LogP contribution < -0.4 is 0 Å². The monoisotopic (exact) mass is 382 g/mol. The average Bonchev–Trinajstić information content (AvgIpc) is 2.64. The Hall–Kier alpha value is -1.62. The van der Waals surface area contributed by atoms with Crippen LogP contribution in [-0.2, 0) is 19.3 Å². The first kappa shape index (κ1) is 20.7. The second-order valence-electron chi connectivity index (χ2n) is 7.03. The van der Waals surface area contributed by atoms with Gasteiger partial charge in [-0.1, -0.05) is 91.0 Å². The summed E-state index contributed by atoms with van der Waals surface area (Å²) in [5, 5.41) is 0. The van der Waals surface area contributed by atoms with Gasteiger partial charge < -0.3 is 0 Å². The molecule has 0 aliphatic heterocycles. The van der Waals surface area contributed by atoms with Crippen LogP contribution in [0.1, 0.15) is 23.1 Å². The van der Waals surface area contributed by atoms with E-state index >= 15 is 0 Å². The maximum absolute atomic E-state index is 2.94. The fourth-order valence-corrected chi connectivity index (χ4v) is 4.46. The lowest BCUT2D eigenvalue weighted by Gasteiger charge is -2.35. The zero-order valence-corrected chi connectivity index (χ0v) is 17.2. The van der Waals surface area contributed by atoms with Gasteiger partial charge in [0.1, 0.15) is 0 Å². The zero-order chi connectivity index (χ0) is 17.4. The Morgan fingerprint density at radius 3 is 1.12 bits per heavy atom. The Bertz CT molecular complexity index is 640. The van der Waals surface area contributed by atoms with Gasteiger partial charge in [0.15, 0.2) is 0 Å². The van der Waals surface area contributed by atoms with Crippen molar-refractivity contribution < 1.29 is 0 Å². The summed E-state index contributed by atoms with van der Waals surface area (Å²) in [5.41, 5.74) is 4.56. The van der Waals surface area contributed by atoms with Crippen LogP contribution in [0.4, 0.5) is 0 Å². The number of hydrogen-bond donors (Lipinski definition) is 0. The van der Waals surface area contributed by atoms with Crippen LogP contribution in [0.5, 0.6) is 0 Å². The summed E-state index contributed by atoms with van der Waals surface area (Å²) < 4.78 is 0. The van der Waals surface area contributed by atoms with Crippen LogP contribution in [0.15, 0.2) is 91.0 Å². The van der Waals surface area contributed by atoms with E-state index in [0.29, 0.717) is 0 Å². The minimum absolute atomic E-state index is 0. The predicted octanol–water partition coefficient (Wildman–Crippen LogP) is 6.39. The van der Waals surface area contributed by atoms with Gasteiger partial charge in [-0.15, -0.1) is 21.6 Å². The van der Waals surface area contributed by atoms with Gasteiger partial charge in [-0.05, 0) is 54.0 Å². The van der Waals surface area contributed by atoms with Crippen molar-refractivity contribution in [1.29, 1.82) is 0 Å². The molecule has 0 aliphatic carbocycles. The third-order valence-electron chi connectivity index (χ3n) is 4.94. The van der Waals surface area contributed by atoms with Crippen molar-refractivity contribution in [3.8, 4) is 0 Å². The average molecular weight is 383 g/mol. The Labute approximate surface area is 166 Å². The lowest BCUT2D eigenvalue weighted by Crippen LogP contribution is -2.30. The lowest BCUT2D eigenvalue weighted by atomic mass is 9.70. The van der Waals surface area contributed by atoms with Gasteiger partial charge in [0.2, 0.25) is 0 Å². The Morgan fingerprint density at radius 2 is 0.846 bits per heavy atom. The number of benzene rings is 3. The minimum atomic E-state index is 0. The van der Waals surface area contributed by atoms with E-state index in [1.807, 2.05) is 0 Å². The fourth-order valence-electron chi connectivity index (χ4n) is 3.85. The van der Waals surface area contributed by atoms with Crippen molar-refractivity contribution in [2.45, 2.75) is 25.7 Å².